The number of nitrogens with zero attached hydrogens (tertiary/aromatic N) is 2. The van der Waals surface area contributed by atoms with Gasteiger partial charge >= 0.3 is 0 Å². The van der Waals surface area contributed by atoms with E-state index in [9.17, 15) is 12.8 Å². The molecule has 10 heteroatoms. The maximum Gasteiger partial charge on any atom is 0.269 e. The van der Waals surface area contributed by atoms with Gasteiger partial charge in [-0.05, 0) is 31.5 Å². The molecule has 0 saturated heterocycles. The Bertz CT molecular complexity index is 1180. The molecule has 0 atom stereocenters. The summed E-state index contributed by atoms with van der Waals surface area (Å²) in [6, 6.07) is 10.9. The molecule has 7 nitrogen and oxygen atoms in total. The average Bonchev–Trinajstić information content (AvgIpc) is 3.11. The van der Waals surface area contributed by atoms with Gasteiger partial charge in [0, 0.05) is 29.1 Å². The molecule has 32 heavy (non-hydrogen) atoms. The van der Waals surface area contributed by atoms with Crippen LogP contribution in [0.4, 0.5) is 10.3 Å². The van der Waals surface area contributed by atoms with E-state index in [1.54, 1.807) is 44.2 Å². The van der Waals surface area contributed by atoms with E-state index in [1.807, 2.05) is 0 Å². The fourth-order valence-electron chi connectivity index (χ4n) is 3.06. The predicted octanol–water partition coefficient (Wildman–Crippen LogP) is 4.81. The van der Waals surface area contributed by atoms with Crippen LogP contribution in [0.1, 0.15) is 16.8 Å². The first-order chi connectivity index (χ1) is 15.3. The third kappa shape index (κ3) is 5.03. The van der Waals surface area contributed by atoms with E-state index in [1.165, 1.54) is 19.2 Å². The van der Waals surface area contributed by atoms with Crippen LogP contribution >= 0.6 is 15.9 Å². The minimum atomic E-state index is -4.20. The zero-order valence-electron chi connectivity index (χ0n) is 18.0. The van der Waals surface area contributed by atoms with Crippen LogP contribution in [0.15, 0.2) is 51.9 Å². The van der Waals surface area contributed by atoms with Crippen LogP contribution in [0.3, 0.4) is 0 Å². The summed E-state index contributed by atoms with van der Waals surface area (Å²) >= 11 is 3.30. The van der Waals surface area contributed by atoms with E-state index < -0.39 is 15.8 Å². The number of ether oxygens (including phenoxy) is 2. The number of aromatic nitrogens is 1. The van der Waals surface area contributed by atoms with Crippen LogP contribution < -0.4 is 4.31 Å². The predicted molar refractivity (Wildman–Crippen MR) is 123 cm³/mol. The Morgan fingerprint density at radius 1 is 1.12 bits per heavy atom. The molecule has 1 heterocycles. The lowest BCUT2D eigenvalue weighted by Gasteiger charge is -2.23. The highest BCUT2D eigenvalue weighted by atomic mass is 79.9. The van der Waals surface area contributed by atoms with E-state index in [2.05, 4.69) is 21.1 Å². The van der Waals surface area contributed by atoms with Gasteiger partial charge in [0.1, 0.15) is 12.5 Å². The SMILES string of the molecule is COCCOCN(c1onc(C)c1C)S(=O)(=O)c1ccccc1-c1ccc(CBr)cc1F. The lowest BCUT2D eigenvalue weighted by molar-refractivity contribution is 0.0744. The van der Waals surface area contributed by atoms with E-state index in [0.717, 1.165) is 9.87 Å². The van der Waals surface area contributed by atoms with Gasteiger partial charge in [-0.3, -0.25) is 0 Å². The summed E-state index contributed by atoms with van der Waals surface area (Å²) < 4.78 is 59.2. The van der Waals surface area contributed by atoms with Crippen molar-refractivity contribution in [3.63, 3.8) is 0 Å². The Morgan fingerprint density at radius 2 is 1.88 bits per heavy atom. The number of sulfonamides is 1. The molecule has 0 spiro atoms. The van der Waals surface area contributed by atoms with Crippen LogP contribution in [0.25, 0.3) is 11.1 Å². The Morgan fingerprint density at radius 3 is 2.50 bits per heavy atom. The molecule has 3 aromatic rings. The third-order valence-electron chi connectivity index (χ3n) is 4.93. The molecular weight excluding hydrogens is 503 g/mol. The van der Waals surface area contributed by atoms with Crippen molar-refractivity contribution in [2.75, 3.05) is 31.4 Å². The third-order valence-corrected chi connectivity index (χ3v) is 7.34. The average molecular weight is 527 g/mol. The molecule has 0 fully saturated rings. The first-order valence-corrected chi connectivity index (χ1v) is 12.3. The van der Waals surface area contributed by atoms with Crippen LogP contribution in [0, 0.1) is 19.7 Å². The van der Waals surface area contributed by atoms with Gasteiger partial charge in [-0.15, -0.1) is 0 Å². The number of aryl methyl sites for hydroxylation is 1. The number of rotatable bonds is 10. The number of methoxy groups -OCH3 is 1. The van der Waals surface area contributed by atoms with Crippen LogP contribution in [-0.4, -0.2) is 40.6 Å². The maximum atomic E-state index is 14.9. The Balaban J connectivity index is 2.10. The summed E-state index contributed by atoms with van der Waals surface area (Å²) in [6.07, 6.45) is 0. The number of hydrogen-bond donors (Lipinski definition) is 0. The number of benzene rings is 2. The van der Waals surface area contributed by atoms with Crippen molar-refractivity contribution in [2.24, 2.45) is 0 Å². The topological polar surface area (TPSA) is 81.9 Å². The zero-order chi connectivity index (χ0) is 23.3. The van der Waals surface area contributed by atoms with Gasteiger partial charge in [0.05, 0.1) is 23.8 Å². The maximum absolute atomic E-state index is 14.9. The molecule has 0 aliphatic heterocycles. The molecule has 0 unspecified atom stereocenters. The van der Waals surface area contributed by atoms with E-state index in [0.29, 0.717) is 23.2 Å². The fraction of sp³-hybridized carbons (Fsp3) is 0.318. The normalized spacial score (nSPS) is 11.7. The van der Waals surface area contributed by atoms with Gasteiger partial charge in [0.15, 0.2) is 0 Å². The highest BCUT2D eigenvalue weighted by Crippen LogP contribution is 2.35. The van der Waals surface area contributed by atoms with E-state index >= 15 is 0 Å². The molecule has 0 N–H and O–H groups in total. The van der Waals surface area contributed by atoms with Crippen molar-refractivity contribution in [3.8, 4) is 11.1 Å². The smallest absolute Gasteiger partial charge is 0.269 e. The van der Waals surface area contributed by atoms with Gasteiger partial charge in [0.2, 0.25) is 5.88 Å². The molecular formula is C22H24BrFN2O5S. The zero-order valence-corrected chi connectivity index (χ0v) is 20.4. The second-order valence-corrected chi connectivity index (χ2v) is 9.42. The van der Waals surface area contributed by atoms with Gasteiger partial charge in [0.25, 0.3) is 10.0 Å². The molecule has 1 aromatic heterocycles. The fourth-order valence-corrected chi connectivity index (χ4v) is 4.95. The summed E-state index contributed by atoms with van der Waals surface area (Å²) in [6.45, 7) is 3.58. The Kier molecular flexibility index (Phi) is 8.05. The molecule has 0 aliphatic carbocycles. The molecule has 3 rings (SSSR count). The summed E-state index contributed by atoms with van der Waals surface area (Å²) in [7, 11) is -2.68. The van der Waals surface area contributed by atoms with Crippen molar-refractivity contribution in [2.45, 2.75) is 24.1 Å². The van der Waals surface area contributed by atoms with Crippen molar-refractivity contribution >= 4 is 31.8 Å². The number of hydrogen-bond acceptors (Lipinski definition) is 6. The van der Waals surface area contributed by atoms with Crippen LogP contribution in [0.2, 0.25) is 0 Å². The monoisotopic (exact) mass is 526 g/mol. The minimum absolute atomic E-state index is 0.0461. The molecule has 2 aromatic carbocycles. The second-order valence-electron chi connectivity index (χ2n) is 7.03. The molecule has 0 saturated carbocycles. The molecule has 0 amide bonds. The molecule has 0 bridgehead atoms. The van der Waals surface area contributed by atoms with Crippen molar-refractivity contribution in [1.82, 2.24) is 5.16 Å². The summed E-state index contributed by atoms with van der Waals surface area (Å²) in [5.41, 5.74) is 2.28. The number of halogens is 2. The number of anilines is 1. The lowest BCUT2D eigenvalue weighted by Crippen LogP contribution is -2.34. The Labute approximate surface area is 195 Å². The second kappa shape index (κ2) is 10.6. The lowest BCUT2D eigenvalue weighted by atomic mass is 10.0. The highest BCUT2D eigenvalue weighted by molar-refractivity contribution is 9.08. The van der Waals surface area contributed by atoms with Crippen molar-refractivity contribution in [1.29, 1.82) is 0 Å². The Hall–Kier alpha value is -2.27. The quantitative estimate of drug-likeness (QED) is 0.214. The van der Waals surface area contributed by atoms with Crippen LogP contribution in [0.5, 0.6) is 0 Å². The highest BCUT2D eigenvalue weighted by Gasteiger charge is 2.32. The summed E-state index contributed by atoms with van der Waals surface area (Å²) in [4.78, 5) is -0.0747. The molecule has 0 radical (unpaired) electrons. The first-order valence-electron chi connectivity index (χ1n) is 9.77. The summed E-state index contributed by atoms with van der Waals surface area (Å²) in [5.74, 6) is -0.469. The van der Waals surface area contributed by atoms with Crippen LogP contribution in [-0.2, 0) is 24.8 Å². The molecule has 0 aliphatic rings. The minimum Gasteiger partial charge on any atom is -0.382 e. The van der Waals surface area contributed by atoms with Gasteiger partial charge in [-0.25, -0.2) is 17.1 Å². The van der Waals surface area contributed by atoms with E-state index in [4.69, 9.17) is 14.0 Å². The van der Waals surface area contributed by atoms with Crippen molar-refractivity contribution < 1.29 is 26.8 Å². The van der Waals surface area contributed by atoms with Gasteiger partial charge < -0.3 is 14.0 Å². The van der Waals surface area contributed by atoms with Gasteiger partial charge in [-0.1, -0.05) is 51.4 Å². The standard InChI is InChI=1S/C22H24BrFN2O5S/c1-15-16(2)25-31-22(15)26(14-30-11-10-29-3)32(27,28)21-7-5-4-6-19(21)18-9-8-17(13-23)12-20(18)24/h4-9,12H,10-11,13-14H2,1-3H3. The van der Waals surface area contributed by atoms with Gasteiger partial charge in [-0.2, -0.15) is 0 Å². The largest absolute Gasteiger partial charge is 0.382 e. The first kappa shape index (κ1) is 24.4. The van der Waals surface area contributed by atoms with E-state index in [-0.39, 0.29) is 35.2 Å². The number of alkyl halides is 1. The molecule has 172 valence electrons. The van der Waals surface area contributed by atoms with Crippen molar-refractivity contribution in [3.05, 3.63) is 65.1 Å². The summed E-state index contributed by atoms with van der Waals surface area (Å²) in [5, 5.41) is 4.36.